The van der Waals surface area contributed by atoms with Gasteiger partial charge in [0.1, 0.15) is 5.82 Å². The maximum Gasteiger partial charge on any atom is 0.224 e. The van der Waals surface area contributed by atoms with Gasteiger partial charge in [-0.15, -0.1) is 0 Å². The standard InChI is InChI=1S/C14H16FNO2S/c1-9(11-3-5-12(15)6-4-11)16-8-13(7-14(16)18)19-10(2)17/h3-6,9,13H,7-8H2,1-2H3. The van der Waals surface area contributed by atoms with E-state index in [1.54, 1.807) is 17.0 Å². The van der Waals surface area contributed by atoms with Crippen molar-refractivity contribution < 1.29 is 14.0 Å². The van der Waals surface area contributed by atoms with Crippen LogP contribution in [0.3, 0.4) is 0 Å². The molecule has 1 amide bonds. The van der Waals surface area contributed by atoms with Gasteiger partial charge in [0.2, 0.25) is 5.91 Å². The Morgan fingerprint density at radius 1 is 1.42 bits per heavy atom. The number of amides is 1. The van der Waals surface area contributed by atoms with E-state index in [9.17, 15) is 14.0 Å². The summed E-state index contributed by atoms with van der Waals surface area (Å²) in [6, 6.07) is 6.09. The summed E-state index contributed by atoms with van der Waals surface area (Å²) in [4.78, 5) is 24.8. The number of nitrogens with zero attached hydrogens (tertiary/aromatic N) is 1. The summed E-state index contributed by atoms with van der Waals surface area (Å²) in [6.45, 7) is 4.01. The van der Waals surface area contributed by atoms with Gasteiger partial charge in [-0.3, -0.25) is 9.59 Å². The molecule has 1 saturated heterocycles. The lowest BCUT2D eigenvalue weighted by Gasteiger charge is -2.25. The van der Waals surface area contributed by atoms with Gasteiger partial charge in [-0.25, -0.2) is 4.39 Å². The fourth-order valence-corrected chi connectivity index (χ4v) is 3.24. The summed E-state index contributed by atoms with van der Waals surface area (Å²) in [7, 11) is 0. The van der Waals surface area contributed by atoms with Crippen LogP contribution < -0.4 is 0 Å². The van der Waals surface area contributed by atoms with E-state index in [0.717, 1.165) is 5.56 Å². The minimum Gasteiger partial charge on any atom is -0.335 e. The molecule has 1 fully saturated rings. The van der Waals surface area contributed by atoms with Crippen molar-refractivity contribution in [3.63, 3.8) is 0 Å². The number of rotatable bonds is 3. The molecule has 102 valence electrons. The highest BCUT2D eigenvalue weighted by molar-refractivity contribution is 8.14. The average molecular weight is 281 g/mol. The lowest BCUT2D eigenvalue weighted by atomic mass is 10.1. The molecular formula is C14H16FNO2S. The Bertz CT molecular complexity index is 489. The third kappa shape index (κ3) is 3.35. The Morgan fingerprint density at radius 3 is 2.63 bits per heavy atom. The number of hydrogen-bond donors (Lipinski definition) is 0. The Balaban J connectivity index is 2.07. The van der Waals surface area contributed by atoms with Crippen molar-refractivity contribution in [3.8, 4) is 0 Å². The number of likely N-dealkylation sites (tertiary alicyclic amines) is 1. The molecule has 1 heterocycles. The average Bonchev–Trinajstić information content (AvgIpc) is 2.69. The molecule has 0 N–H and O–H groups in total. The van der Waals surface area contributed by atoms with E-state index in [4.69, 9.17) is 0 Å². The minimum absolute atomic E-state index is 0.0351. The predicted molar refractivity (Wildman–Crippen MR) is 73.2 cm³/mol. The molecular weight excluding hydrogens is 265 g/mol. The zero-order valence-corrected chi connectivity index (χ0v) is 11.7. The van der Waals surface area contributed by atoms with Gasteiger partial charge in [0, 0.05) is 25.1 Å². The van der Waals surface area contributed by atoms with Crippen LogP contribution in [0.5, 0.6) is 0 Å². The lowest BCUT2D eigenvalue weighted by molar-refractivity contribution is -0.129. The van der Waals surface area contributed by atoms with Crippen LogP contribution in [0.25, 0.3) is 0 Å². The van der Waals surface area contributed by atoms with Gasteiger partial charge in [-0.2, -0.15) is 0 Å². The molecule has 1 aromatic carbocycles. The lowest BCUT2D eigenvalue weighted by Crippen LogP contribution is -2.28. The summed E-state index contributed by atoms with van der Waals surface area (Å²) < 4.78 is 12.9. The van der Waals surface area contributed by atoms with Gasteiger partial charge in [-0.1, -0.05) is 23.9 Å². The van der Waals surface area contributed by atoms with Crippen molar-refractivity contribution in [2.45, 2.75) is 31.6 Å². The zero-order valence-electron chi connectivity index (χ0n) is 10.9. The largest absolute Gasteiger partial charge is 0.335 e. The highest BCUT2D eigenvalue weighted by Crippen LogP contribution is 2.31. The Hall–Kier alpha value is -1.36. The second-order valence-electron chi connectivity index (χ2n) is 4.71. The van der Waals surface area contributed by atoms with Gasteiger partial charge in [-0.05, 0) is 24.6 Å². The molecule has 2 rings (SSSR count). The summed E-state index contributed by atoms with van der Waals surface area (Å²) in [5, 5.41) is 0.0713. The monoisotopic (exact) mass is 281 g/mol. The molecule has 0 radical (unpaired) electrons. The minimum atomic E-state index is -0.284. The van der Waals surface area contributed by atoms with Crippen LogP contribution in [0.4, 0.5) is 4.39 Å². The van der Waals surface area contributed by atoms with Gasteiger partial charge in [0.15, 0.2) is 5.12 Å². The van der Waals surface area contributed by atoms with Gasteiger partial charge in [0.25, 0.3) is 0 Å². The van der Waals surface area contributed by atoms with Crippen LogP contribution in [0.15, 0.2) is 24.3 Å². The molecule has 0 aliphatic carbocycles. The number of halogens is 1. The van der Waals surface area contributed by atoms with Crippen molar-refractivity contribution in [2.24, 2.45) is 0 Å². The van der Waals surface area contributed by atoms with Crippen LogP contribution in [0.1, 0.15) is 31.9 Å². The first-order chi connectivity index (χ1) is 8.97. The van der Waals surface area contributed by atoms with Crippen LogP contribution in [0, 0.1) is 5.82 Å². The van der Waals surface area contributed by atoms with Crippen molar-refractivity contribution >= 4 is 22.8 Å². The van der Waals surface area contributed by atoms with Crippen molar-refractivity contribution in [3.05, 3.63) is 35.6 Å². The number of carbonyl (C=O) groups is 2. The smallest absolute Gasteiger partial charge is 0.224 e. The van der Waals surface area contributed by atoms with Crippen molar-refractivity contribution in [1.29, 1.82) is 0 Å². The Morgan fingerprint density at radius 2 is 2.05 bits per heavy atom. The van der Waals surface area contributed by atoms with E-state index in [1.807, 2.05) is 6.92 Å². The molecule has 1 aliphatic heterocycles. The Kier molecular flexibility index (Phi) is 4.24. The molecule has 19 heavy (non-hydrogen) atoms. The third-order valence-corrected chi connectivity index (χ3v) is 4.26. The normalized spacial score (nSPS) is 20.7. The first-order valence-electron chi connectivity index (χ1n) is 6.19. The highest BCUT2D eigenvalue weighted by atomic mass is 32.2. The van der Waals surface area contributed by atoms with Crippen LogP contribution in [-0.2, 0) is 9.59 Å². The summed E-state index contributed by atoms with van der Waals surface area (Å²) in [5.41, 5.74) is 0.906. The second kappa shape index (κ2) is 5.74. The quantitative estimate of drug-likeness (QED) is 0.855. The topological polar surface area (TPSA) is 37.4 Å². The first kappa shape index (κ1) is 14.1. The third-order valence-electron chi connectivity index (χ3n) is 3.28. The van der Waals surface area contributed by atoms with Crippen LogP contribution in [0.2, 0.25) is 0 Å². The summed E-state index contributed by atoms with van der Waals surface area (Å²) in [5.74, 6) is -0.232. The van der Waals surface area contributed by atoms with Crippen molar-refractivity contribution in [1.82, 2.24) is 4.90 Å². The molecule has 0 aromatic heterocycles. The van der Waals surface area contributed by atoms with E-state index >= 15 is 0 Å². The summed E-state index contributed by atoms with van der Waals surface area (Å²) >= 11 is 1.22. The molecule has 1 aliphatic rings. The van der Waals surface area contributed by atoms with Crippen LogP contribution >= 0.6 is 11.8 Å². The molecule has 2 atom stereocenters. The maximum atomic E-state index is 12.9. The van der Waals surface area contributed by atoms with E-state index < -0.39 is 0 Å². The Labute approximate surface area is 116 Å². The van der Waals surface area contributed by atoms with Gasteiger partial charge in [0.05, 0.1) is 6.04 Å². The molecule has 1 aromatic rings. The van der Waals surface area contributed by atoms with Gasteiger partial charge >= 0.3 is 0 Å². The fraction of sp³-hybridized carbons (Fsp3) is 0.429. The van der Waals surface area contributed by atoms with E-state index in [-0.39, 0.29) is 28.1 Å². The molecule has 0 saturated carbocycles. The molecule has 2 unspecified atom stereocenters. The summed E-state index contributed by atoms with van der Waals surface area (Å²) in [6.07, 6.45) is 0.399. The molecule has 3 nitrogen and oxygen atoms in total. The number of thioether (sulfide) groups is 1. The maximum absolute atomic E-state index is 12.9. The van der Waals surface area contributed by atoms with Crippen molar-refractivity contribution in [2.75, 3.05) is 6.54 Å². The van der Waals surface area contributed by atoms with E-state index in [1.165, 1.54) is 30.8 Å². The highest BCUT2D eigenvalue weighted by Gasteiger charge is 2.34. The number of hydrogen-bond acceptors (Lipinski definition) is 3. The molecule has 0 bridgehead atoms. The predicted octanol–water partition coefficient (Wildman–Crippen LogP) is 2.77. The van der Waals surface area contributed by atoms with Gasteiger partial charge < -0.3 is 4.90 Å². The SMILES string of the molecule is CC(=O)SC1CC(=O)N(C(C)c2ccc(F)cc2)C1. The fourth-order valence-electron chi connectivity index (χ4n) is 2.31. The second-order valence-corrected chi connectivity index (χ2v) is 6.19. The number of benzene rings is 1. The first-order valence-corrected chi connectivity index (χ1v) is 7.07. The van der Waals surface area contributed by atoms with E-state index in [0.29, 0.717) is 13.0 Å². The van der Waals surface area contributed by atoms with Crippen LogP contribution in [-0.4, -0.2) is 27.7 Å². The zero-order chi connectivity index (χ0) is 14.0. The molecule has 5 heteroatoms. The number of carbonyl (C=O) groups excluding carboxylic acids is 2. The van der Waals surface area contributed by atoms with E-state index in [2.05, 4.69) is 0 Å². The molecule has 0 spiro atoms.